The molecular formula is C16H25NO7. The highest BCUT2D eigenvalue weighted by Crippen LogP contribution is 2.51. The standard InChI is InChI=1S/C16H25NO7/c1-14(2,3)23-12(21)17(13(22)24-15(4,5)6)16(11(19)20)9-10(16)7-8-18/h8,10H,7,9H2,1-6H3,(H,19,20). The Morgan fingerprint density at radius 3 is 1.79 bits per heavy atom. The molecule has 1 saturated carbocycles. The van der Waals surface area contributed by atoms with E-state index in [1.807, 2.05) is 0 Å². The van der Waals surface area contributed by atoms with E-state index < -0.39 is 40.8 Å². The number of amides is 2. The van der Waals surface area contributed by atoms with Crippen LogP contribution in [0.4, 0.5) is 9.59 Å². The van der Waals surface area contributed by atoms with Crippen molar-refractivity contribution in [2.75, 3.05) is 0 Å². The number of carboxylic acid groups (broad SMARTS) is 1. The van der Waals surface area contributed by atoms with Gasteiger partial charge in [-0.3, -0.25) is 0 Å². The zero-order valence-electron chi connectivity index (χ0n) is 14.9. The minimum absolute atomic E-state index is 0.0143. The third-order valence-corrected chi connectivity index (χ3v) is 3.38. The molecule has 1 N–H and O–H groups in total. The number of imide groups is 1. The molecule has 0 bridgehead atoms. The van der Waals surface area contributed by atoms with E-state index in [1.165, 1.54) is 0 Å². The van der Waals surface area contributed by atoms with Crippen LogP contribution in [0.3, 0.4) is 0 Å². The van der Waals surface area contributed by atoms with Gasteiger partial charge in [-0.2, -0.15) is 4.90 Å². The normalized spacial score (nSPS) is 23.2. The predicted octanol–water partition coefficient (Wildman–Crippen LogP) is 2.59. The first-order valence-corrected chi connectivity index (χ1v) is 7.68. The fourth-order valence-corrected chi connectivity index (χ4v) is 2.36. The summed E-state index contributed by atoms with van der Waals surface area (Å²) in [5.74, 6) is -2.03. The van der Waals surface area contributed by atoms with Crippen LogP contribution >= 0.6 is 0 Å². The lowest BCUT2D eigenvalue weighted by Crippen LogP contribution is -2.54. The minimum Gasteiger partial charge on any atom is -0.479 e. The van der Waals surface area contributed by atoms with Crippen molar-refractivity contribution in [3.63, 3.8) is 0 Å². The van der Waals surface area contributed by atoms with Gasteiger partial charge in [0, 0.05) is 12.3 Å². The maximum atomic E-state index is 12.5. The first-order chi connectivity index (χ1) is 10.7. The SMILES string of the molecule is CC(C)(C)OC(=O)N(C(=O)OC(C)(C)C)C1(C(=O)O)CC1CC=O. The molecule has 0 heterocycles. The number of aldehydes is 1. The van der Waals surface area contributed by atoms with Crippen LogP contribution in [0.25, 0.3) is 0 Å². The van der Waals surface area contributed by atoms with Crippen molar-refractivity contribution >= 4 is 24.4 Å². The molecule has 136 valence electrons. The number of carboxylic acids is 1. The molecule has 2 unspecified atom stereocenters. The van der Waals surface area contributed by atoms with E-state index in [9.17, 15) is 24.3 Å². The van der Waals surface area contributed by atoms with Gasteiger partial charge in [0.15, 0.2) is 5.54 Å². The summed E-state index contributed by atoms with van der Waals surface area (Å²) < 4.78 is 10.3. The van der Waals surface area contributed by atoms with Crippen LogP contribution in [-0.2, 0) is 19.1 Å². The molecule has 0 aromatic heterocycles. The van der Waals surface area contributed by atoms with Crippen LogP contribution in [0.1, 0.15) is 54.4 Å². The van der Waals surface area contributed by atoms with Gasteiger partial charge in [0.05, 0.1) is 0 Å². The van der Waals surface area contributed by atoms with Crippen LogP contribution < -0.4 is 0 Å². The van der Waals surface area contributed by atoms with Crippen LogP contribution in [0, 0.1) is 5.92 Å². The van der Waals surface area contributed by atoms with Crippen molar-refractivity contribution in [1.82, 2.24) is 4.90 Å². The highest BCUT2D eigenvalue weighted by Gasteiger charge is 2.68. The minimum atomic E-state index is -1.81. The Balaban J connectivity index is 3.22. The van der Waals surface area contributed by atoms with Gasteiger partial charge in [-0.25, -0.2) is 14.4 Å². The molecule has 1 rings (SSSR count). The molecule has 8 heteroatoms. The molecule has 8 nitrogen and oxygen atoms in total. The zero-order chi connectivity index (χ0) is 18.9. The van der Waals surface area contributed by atoms with Gasteiger partial charge in [-0.15, -0.1) is 0 Å². The van der Waals surface area contributed by atoms with E-state index in [0.29, 0.717) is 11.2 Å². The maximum Gasteiger partial charge on any atom is 0.420 e. The highest BCUT2D eigenvalue weighted by molar-refractivity contribution is 5.98. The summed E-state index contributed by atoms with van der Waals surface area (Å²) in [4.78, 5) is 48.0. The molecule has 0 spiro atoms. The molecule has 2 atom stereocenters. The van der Waals surface area contributed by atoms with Crippen LogP contribution in [0.15, 0.2) is 0 Å². The molecule has 0 aromatic rings. The Labute approximate surface area is 141 Å². The van der Waals surface area contributed by atoms with Gasteiger partial charge in [-0.1, -0.05) is 0 Å². The zero-order valence-corrected chi connectivity index (χ0v) is 14.9. The van der Waals surface area contributed by atoms with E-state index in [0.717, 1.165) is 0 Å². The maximum absolute atomic E-state index is 12.5. The highest BCUT2D eigenvalue weighted by atomic mass is 16.6. The first kappa shape index (κ1) is 19.9. The summed E-state index contributed by atoms with van der Waals surface area (Å²) in [6.07, 6.45) is -1.73. The Hall–Kier alpha value is -2.12. The third-order valence-electron chi connectivity index (χ3n) is 3.38. The van der Waals surface area contributed by atoms with Gasteiger partial charge in [0.25, 0.3) is 0 Å². The number of nitrogens with zero attached hydrogens (tertiary/aromatic N) is 1. The largest absolute Gasteiger partial charge is 0.479 e. The fourth-order valence-electron chi connectivity index (χ4n) is 2.36. The Morgan fingerprint density at radius 1 is 1.08 bits per heavy atom. The Bertz CT molecular complexity index is 516. The number of carbonyl (C=O) groups is 4. The molecular weight excluding hydrogens is 318 g/mol. The van der Waals surface area contributed by atoms with E-state index in [4.69, 9.17) is 9.47 Å². The summed E-state index contributed by atoms with van der Waals surface area (Å²) in [5.41, 5.74) is -3.66. The molecule has 2 amide bonds. The van der Waals surface area contributed by atoms with E-state index in [-0.39, 0.29) is 12.8 Å². The number of carbonyl (C=O) groups excluding carboxylic acids is 3. The van der Waals surface area contributed by atoms with E-state index in [1.54, 1.807) is 41.5 Å². The molecule has 0 radical (unpaired) electrons. The number of aliphatic carboxylic acids is 1. The number of hydrogen-bond donors (Lipinski definition) is 1. The van der Waals surface area contributed by atoms with Crippen LogP contribution in [0.5, 0.6) is 0 Å². The Morgan fingerprint density at radius 2 is 1.50 bits per heavy atom. The second-order valence-corrected chi connectivity index (χ2v) is 7.83. The summed E-state index contributed by atoms with van der Waals surface area (Å²) in [7, 11) is 0. The lowest BCUT2D eigenvalue weighted by molar-refractivity contribution is -0.145. The van der Waals surface area contributed by atoms with Gasteiger partial charge < -0.3 is 19.4 Å². The second-order valence-electron chi connectivity index (χ2n) is 7.83. The van der Waals surface area contributed by atoms with Crippen molar-refractivity contribution in [1.29, 1.82) is 0 Å². The first-order valence-electron chi connectivity index (χ1n) is 7.68. The monoisotopic (exact) mass is 343 g/mol. The summed E-state index contributed by atoms with van der Waals surface area (Å²) >= 11 is 0. The fraction of sp³-hybridized carbons (Fsp3) is 0.750. The lowest BCUT2D eigenvalue weighted by Gasteiger charge is -2.32. The van der Waals surface area contributed by atoms with Gasteiger partial charge in [-0.05, 0) is 48.0 Å². The van der Waals surface area contributed by atoms with Crippen molar-refractivity contribution in [2.24, 2.45) is 5.92 Å². The average Bonchev–Trinajstić information content (AvgIpc) is 2.99. The van der Waals surface area contributed by atoms with E-state index in [2.05, 4.69) is 0 Å². The smallest absolute Gasteiger partial charge is 0.420 e. The predicted molar refractivity (Wildman–Crippen MR) is 83.5 cm³/mol. The number of hydrogen-bond acceptors (Lipinski definition) is 6. The van der Waals surface area contributed by atoms with Gasteiger partial charge in [0.2, 0.25) is 0 Å². The third kappa shape index (κ3) is 4.46. The molecule has 1 aliphatic carbocycles. The van der Waals surface area contributed by atoms with E-state index >= 15 is 0 Å². The molecule has 1 aliphatic rings. The van der Waals surface area contributed by atoms with Crippen molar-refractivity contribution in [3.8, 4) is 0 Å². The summed E-state index contributed by atoms with van der Waals surface area (Å²) in [5, 5.41) is 9.59. The summed E-state index contributed by atoms with van der Waals surface area (Å²) in [6, 6.07) is 0. The van der Waals surface area contributed by atoms with Crippen LogP contribution in [0.2, 0.25) is 0 Å². The quantitative estimate of drug-likeness (QED) is 0.781. The van der Waals surface area contributed by atoms with Crippen molar-refractivity contribution in [3.05, 3.63) is 0 Å². The van der Waals surface area contributed by atoms with Crippen molar-refractivity contribution in [2.45, 2.75) is 71.1 Å². The van der Waals surface area contributed by atoms with Crippen LogP contribution in [-0.4, -0.2) is 51.2 Å². The number of rotatable bonds is 4. The second kappa shape index (κ2) is 6.41. The number of ether oxygens (including phenoxy) is 2. The molecule has 1 fully saturated rings. The summed E-state index contributed by atoms with van der Waals surface area (Å²) in [6.45, 7) is 9.59. The molecule has 0 saturated heterocycles. The molecule has 0 aliphatic heterocycles. The Kier molecular flexibility index (Phi) is 5.32. The molecule has 0 aromatic carbocycles. The van der Waals surface area contributed by atoms with Gasteiger partial charge in [0.1, 0.15) is 17.5 Å². The lowest BCUT2D eigenvalue weighted by atomic mass is 10.1. The average molecular weight is 343 g/mol. The van der Waals surface area contributed by atoms with Gasteiger partial charge >= 0.3 is 18.2 Å². The topological polar surface area (TPSA) is 110 Å². The van der Waals surface area contributed by atoms with Crippen molar-refractivity contribution < 1.29 is 33.8 Å². The molecule has 24 heavy (non-hydrogen) atoms.